The molecule has 0 spiro atoms. The number of para-hydroxylation sites is 1. The fraction of sp³-hybridized carbons (Fsp3) is 0.476. The van der Waals surface area contributed by atoms with Crippen molar-refractivity contribution in [1.29, 1.82) is 0 Å². The van der Waals surface area contributed by atoms with Gasteiger partial charge in [0.2, 0.25) is 5.91 Å². The normalized spacial score (nSPS) is 14.9. The third kappa shape index (κ3) is 4.71. The predicted molar refractivity (Wildman–Crippen MR) is 107 cm³/mol. The summed E-state index contributed by atoms with van der Waals surface area (Å²) in [6, 6.07) is 9.61. The van der Waals surface area contributed by atoms with Gasteiger partial charge in [0.25, 0.3) is 5.91 Å². The minimum atomic E-state index is -0.251. The molecule has 0 bridgehead atoms. The third-order valence-corrected chi connectivity index (χ3v) is 4.90. The van der Waals surface area contributed by atoms with Crippen molar-refractivity contribution in [3.05, 3.63) is 42.2 Å². The van der Waals surface area contributed by atoms with Crippen LogP contribution in [0.1, 0.15) is 43.6 Å². The number of amides is 2. The number of methoxy groups -OCH3 is 1. The molecule has 0 unspecified atom stereocenters. The highest BCUT2D eigenvalue weighted by Gasteiger charge is 2.26. The number of carbonyl (C=O) groups is 2. The summed E-state index contributed by atoms with van der Waals surface area (Å²) >= 11 is 0. The molecule has 1 N–H and O–H groups in total. The number of piperidine rings is 1. The van der Waals surface area contributed by atoms with Crippen LogP contribution in [-0.2, 0) is 4.79 Å². The minimum Gasteiger partial charge on any atom is -0.493 e. The van der Waals surface area contributed by atoms with E-state index in [1.165, 1.54) is 7.11 Å². The van der Waals surface area contributed by atoms with Crippen LogP contribution in [0.25, 0.3) is 5.69 Å². The smallest absolute Gasteiger partial charge is 0.275 e. The first-order valence-electron chi connectivity index (χ1n) is 9.75. The molecule has 3 rings (SSSR count). The number of nitrogens with zero attached hydrogens (tertiary/aromatic N) is 3. The Morgan fingerprint density at radius 1 is 1.21 bits per heavy atom. The minimum absolute atomic E-state index is 0.0298. The Hall–Kier alpha value is -2.83. The molecular formula is C21H28N4O3. The van der Waals surface area contributed by atoms with Gasteiger partial charge in [-0.2, -0.15) is 5.10 Å². The summed E-state index contributed by atoms with van der Waals surface area (Å²) in [5.74, 6) is 0.740. The van der Waals surface area contributed by atoms with E-state index in [1.54, 1.807) is 10.9 Å². The van der Waals surface area contributed by atoms with E-state index in [-0.39, 0.29) is 23.6 Å². The third-order valence-electron chi connectivity index (χ3n) is 4.90. The second-order valence-electron chi connectivity index (χ2n) is 7.55. The molecule has 28 heavy (non-hydrogen) atoms. The van der Waals surface area contributed by atoms with Crippen LogP contribution in [0, 0.1) is 5.92 Å². The van der Waals surface area contributed by atoms with Crippen LogP contribution >= 0.6 is 0 Å². The Morgan fingerprint density at radius 3 is 2.50 bits per heavy atom. The zero-order valence-electron chi connectivity index (χ0n) is 16.7. The monoisotopic (exact) mass is 384 g/mol. The highest BCUT2D eigenvalue weighted by Crippen LogP contribution is 2.20. The molecule has 7 heteroatoms. The largest absolute Gasteiger partial charge is 0.493 e. The molecule has 1 aliphatic rings. The summed E-state index contributed by atoms with van der Waals surface area (Å²) in [6.45, 7) is 5.44. The van der Waals surface area contributed by atoms with Gasteiger partial charge in [-0.05, 0) is 30.9 Å². The lowest BCUT2D eigenvalue weighted by atomic mass is 10.0. The molecule has 0 aliphatic carbocycles. The van der Waals surface area contributed by atoms with E-state index >= 15 is 0 Å². The number of benzene rings is 1. The van der Waals surface area contributed by atoms with E-state index in [9.17, 15) is 9.59 Å². The molecular weight excluding hydrogens is 356 g/mol. The number of carbonyl (C=O) groups excluding carboxylic acids is 2. The van der Waals surface area contributed by atoms with Gasteiger partial charge in [-0.15, -0.1) is 0 Å². The fourth-order valence-corrected chi connectivity index (χ4v) is 3.38. The zero-order chi connectivity index (χ0) is 20.1. The average Bonchev–Trinajstić information content (AvgIpc) is 3.13. The van der Waals surface area contributed by atoms with Gasteiger partial charge in [0.05, 0.1) is 19.0 Å². The quantitative estimate of drug-likeness (QED) is 0.831. The molecule has 2 heterocycles. The predicted octanol–water partition coefficient (Wildman–Crippen LogP) is 2.65. The maximum Gasteiger partial charge on any atom is 0.275 e. The van der Waals surface area contributed by atoms with Crippen LogP contribution in [0.4, 0.5) is 0 Å². The molecule has 0 radical (unpaired) electrons. The molecule has 1 aromatic heterocycles. The maximum atomic E-state index is 12.8. The van der Waals surface area contributed by atoms with Crippen LogP contribution in [0.15, 0.2) is 36.5 Å². The molecule has 150 valence electrons. The summed E-state index contributed by atoms with van der Waals surface area (Å²) in [5, 5.41) is 7.45. The number of likely N-dealkylation sites (tertiary alicyclic amines) is 1. The number of rotatable bonds is 6. The molecule has 0 saturated carbocycles. The molecule has 0 atom stereocenters. The summed E-state index contributed by atoms with van der Waals surface area (Å²) < 4.78 is 6.99. The Bertz CT molecular complexity index is 808. The van der Waals surface area contributed by atoms with Gasteiger partial charge < -0.3 is 15.0 Å². The van der Waals surface area contributed by atoms with Crippen molar-refractivity contribution in [2.24, 2.45) is 5.92 Å². The molecule has 1 aliphatic heterocycles. The van der Waals surface area contributed by atoms with Crippen LogP contribution < -0.4 is 10.1 Å². The highest BCUT2D eigenvalue weighted by atomic mass is 16.5. The first kappa shape index (κ1) is 19.9. The van der Waals surface area contributed by atoms with Gasteiger partial charge in [0, 0.05) is 25.6 Å². The van der Waals surface area contributed by atoms with Gasteiger partial charge in [-0.3, -0.25) is 9.59 Å². The summed E-state index contributed by atoms with van der Waals surface area (Å²) in [7, 11) is 1.53. The van der Waals surface area contributed by atoms with E-state index < -0.39 is 0 Å². The van der Waals surface area contributed by atoms with Crippen molar-refractivity contribution in [1.82, 2.24) is 20.0 Å². The average molecular weight is 384 g/mol. The first-order chi connectivity index (χ1) is 13.5. The fourth-order valence-electron chi connectivity index (χ4n) is 3.38. The summed E-state index contributed by atoms with van der Waals surface area (Å²) in [5.41, 5.74) is 1.13. The number of aromatic nitrogens is 2. The highest BCUT2D eigenvalue weighted by molar-refractivity contribution is 5.95. The van der Waals surface area contributed by atoms with E-state index in [0.717, 1.165) is 18.5 Å². The maximum absolute atomic E-state index is 12.8. The van der Waals surface area contributed by atoms with Gasteiger partial charge >= 0.3 is 0 Å². The number of nitrogens with one attached hydrogen (secondary N) is 1. The Morgan fingerprint density at radius 2 is 1.89 bits per heavy atom. The Labute approximate surface area is 165 Å². The number of hydrogen-bond donors (Lipinski definition) is 1. The van der Waals surface area contributed by atoms with E-state index in [4.69, 9.17) is 4.74 Å². The second-order valence-corrected chi connectivity index (χ2v) is 7.55. The standard InChI is InChI=1S/C21H28N4O3/c1-15(2)13-19(26)24-11-9-16(10-12-24)22-21(27)20-18(28-3)14-25(23-20)17-7-5-4-6-8-17/h4-8,14-16H,9-13H2,1-3H3,(H,22,27). The van der Waals surface area contributed by atoms with Gasteiger partial charge in [-0.1, -0.05) is 32.0 Å². The molecule has 1 aromatic carbocycles. The molecule has 1 saturated heterocycles. The van der Waals surface area contributed by atoms with Gasteiger partial charge in [0.15, 0.2) is 11.4 Å². The second kappa shape index (κ2) is 8.91. The number of hydrogen-bond acceptors (Lipinski definition) is 4. The van der Waals surface area contributed by atoms with Crippen molar-refractivity contribution in [3.63, 3.8) is 0 Å². The Kier molecular flexibility index (Phi) is 6.34. The molecule has 1 fully saturated rings. The van der Waals surface area contributed by atoms with E-state index in [2.05, 4.69) is 10.4 Å². The lowest BCUT2D eigenvalue weighted by Gasteiger charge is -2.32. The Balaban J connectivity index is 1.61. The first-order valence-corrected chi connectivity index (χ1v) is 9.75. The van der Waals surface area contributed by atoms with Crippen LogP contribution in [0.3, 0.4) is 0 Å². The van der Waals surface area contributed by atoms with Crippen molar-refractivity contribution >= 4 is 11.8 Å². The SMILES string of the molecule is COc1cn(-c2ccccc2)nc1C(=O)NC1CCN(C(=O)CC(C)C)CC1. The van der Waals surface area contributed by atoms with Crippen molar-refractivity contribution < 1.29 is 14.3 Å². The number of ether oxygens (including phenoxy) is 1. The van der Waals surface area contributed by atoms with Crippen LogP contribution in [-0.4, -0.2) is 52.7 Å². The van der Waals surface area contributed by atoms with Crippen molar-refractivity contribution in [3.8, 4) is 11.4 Å². The van der Waals surface area contributed by atoms with Crippen LogP contribution in [0.5, 0.6) is 5.75 Å². The van der Waals surface area contributed by atoms with Crippen molar-refractivity contribution in [2.75, 3.05) is 20.2 Å². The molecule has 2 amide bonds. The zero-order valence-corrected chi connectivity index (χ0v) is 16.7. The summed E-state index contributed by atoms with van der Waals surface area (Å²) in [4.78, 5) is 26.8. The lowest BCUT2D eigenvalue weighted by Crippen LogP contribution is -2.46. The molecule has 2 aromatic rings. The summed E-state index contributed by atoms with van der Waals surface area (Å²) in [6.07, 6.45) is 3.77. The van der Waals surface area contributed by atoms with Gasteiger partial charge in [-0.25, -0.2) is 4.68 Å². The van der Waals surface area contributed by atoms with Gasteiger partial charge in [0.1, 0.15) is 0 Å². The topological polar surface area (TPSA) is 76.5 Å². The molecule has 7 nitrogen and oxygen atoms in total. The van der Waals surface area contributed by atoms with E-state index in [0.29, 0.717) is 31.2 Å². The van der Waals surface area contributed by atoms with Crippen molar-refractivity contribution in [2.45, 2.75) is 39.2 Å². The van der Waals surface area contributed by atoms with Crippen LogP contribution in [0.2, 0.25) is 0 Å². The van der Waals surface area contributed by atoms with E-state index in [1.807, 2.05) is 49.1 Å². The lowest BCUT2D eigenvalue weighted by molar-refractivity contribution is -0.133.